The van der Waals surface area contributed by atoms with E-state index in [4.69, 9.17) is 22.3 Å². The molecule has 0 aromatic carbocycles. The van der Waals surface area contributed by atoms with E-state index in [0.717, 1.165) is 0 Å². The van der Waals surface area contributed by atoms with Gasteiger partial charge >= 0.3 is 17.9 Å². The average molecular weight is 205 g/mol. The summed E-state index contributed by atoms with van der Waals surface area (Å²) in [5.74, 6) is -2.33. The lowest BCUT2D eigenvalue weighted by Gasteiger charge is -2.08. The van der Waals surface area contributed by atoms with Gasteiger partial charge in [-0.05, 0) is 0 Å². The van der Waals surface area contributed by atoms with Gasteiger partial charge in [0.1, 0.15) is 0 Å². The fraction of sp³-hybridized carbons (Fsp3) is 0.500. The van der Waals surface area contributed by atoms with Crippen LogP contribution in [0, 0.1) is 0 Å². The van der Waals surface area contributed by atoms with Crippen molar-refractivity contribution in [2.24, 2.45) is 17.2 Å². The van der Waals surface area contributed by atoms with E-state index in [9.17, 15) is 9.59 Å². The van der Waals surface area contributed by atoms with Gasteiger partial charge in [-0.2, -0.15) is 0 Å². The second-order valence-corrected chi connectivity index (χ2v) is 2.53. The van der Waals surface area contributed by atoms with Crippen LogP contribution in [0.15, 0.2) is 0 Å². The number of aliphatic carboxylic acids is 1. The van der Waals surface area contributed by atoms with Crippen LogP contribution in [-0.4, -0.2) is 47.4 Å². The summed E-state index contributed by atoms with van der Waals surface area (Å²) in [7, 11) is 1.45. The predicted molar refractivity (Wildman–Crippen MR) is 46.1 cm³/mol. The lowest BCUT2D eigenvalue weighted by molar-refractivity contribution is -0.489. The van der Waals surface area contributed by atoms with Gasteiger partial charge in [0, 0.05) is 0 Å². The van der Waals surface area contributed by atoms with Gasteiger partial charge in [-0.1, -0.05) is 0 Å². The van der Waals surface area contributed by atoms with Gasteiger partial charge in [0.05, 0.1) is 7.05 Å². The first-order valence-electron chi connectivity index (χ1n) is 3.61. The number of hydrogen-bond donors (Lipinski definition) is 4. The summed E-state index contributed by atoms with van der Waals surface area (Å²) in [4.78, 5) is 21.1. The van der Waals surface area contributed by atoms with Crippen LogP contribution in [0.4, 0.5) is 0 Å². The van der Waals surface area contributed by atoms with Crippen molar-refractivity contribution in [2.45, 2.75) is 6.23 Å². The third-order valence-electron chi connectivity index (χ3n) is 1.31. The molecular weight excluding hydrogens is 192 g/mol. The number of carbonyl (C=O) groups is 2. The minimum absolute atomic E-state index is 0.0779. The summed E-state index contributed by atoms with van der Waals surface area (Å²) in [6, 6.07) is 0. The molecule has 8 nitrogen and oxygen atoms in total. The Kier molecular flexibility index (Phi) is 4.36. The molecule has 0 aromatic rings. The van der Waals surface area contributed by atoms with Crippen LogP contribution in [0.1, 0.15) is 0 Å². The quantitative estimate of drug-likeness (QED) is 0.124. The molecule has 0 fully saturated rings. The number of carbonyl (C=O) groups excluding carboxylic acids is 1. The molecule has 0 amide bonds. The number of rotatable bonds is 4. The van der Waals surface area contributed by atoms with Crippen molar-refractivity contribution in [1.29, 1.82) is 0 Å². The van der Waals surface area contributed by atoms with E-state index in [0.29, 0.717) is 0 Å². The maximum Gasteiger partial charge on any atom is 0.360 e. The highest BCUT2D eigenvalue weighted by Gasteiger charge is 2.18. The maximum absolute atomic E-state index is 10.9. The topological polar surface area (TPSA) is 145 Å². The van der Waals surface area contributed by atoms with Gasteiger partial charge in [0.25, 0.3) is 0 Å². The molecule has 7 N–H and O–H groups in total. The molecular formula is C6H13N4O4+. The Labute approximate surface area is 79.9 Å². The Hall–Kier alpha value is -1.83. The third kappa shape index (κ3) is 4.26. The molecule has 0 aliphatic rings. The van der Waals surface area contributed by atoms with Gasteiger partial charge in [-0.3, -0.25) is 21.8 Å². The highest BCUT2D eigenvalue weighted by Crippen LogP contribution is 1.85. The summed E-state index contributed by atoms with van der Waals surface area (Å²) in [6.07, 6.45) is -1.67. The van der Waals surface area contributed by atoms with Gasteiger partial charge < -0.3 is 9.84 Å². The normalized spacial score (nSPS) is 11.6. The lowest BCUT2D eigenvalue weighted by atomic mass is 10.5. The summed E-state index contributed by atoms with van der Waals surface area (Å²) in [5, 5.41) is 8.30. The van der Waals surface area contributed by atoms with Crippen LogP contribution in [0.25, 0.3) is 0 Å². The Bertz CT molecular complexity index is 271. The first kappa shape index (κ1) is 12.2. The summed E-state index contributed by atoms with van der Waals surface area (Å²) < 4.78 is 5.50. The SMILES string of the molecule is C[N+](CC(=O)OC(N)C(=O)O)=C(N)N. The number of ether oxygens (including phenoxy) is 1. The fourth-order valence-electron chi connectivity index (χ4n) is 0.514. The van der Waals surface area contributed by atoms with Crippen LogP contribution in [0.2, 0.25) is 0 Å². The standard InChI is InChI=1S/C6H12N4O4/c1-10(6(8)9)2-3(11)14-4(7)5(12)13/h4H,2,7H2,1H3,(H4,8,9,12,13)/p+1. The molecule has 0 saturated carbocycles. The van der Waals surface area contributed by atoms with E-state index in [-0.39, 0.29) is 12.5 Å². The van der Waals surface area contributed by atoms with Crippen molar-refractivity contribution in [1.82, 2.24) is 0 Å². The van der Waals surface area contributed by atoms with Gasteiger partial charge in [0.2, 0.25) is 6.23 Å². The zero-order valence-electron chi connectivity index (χ0n) is 7.64. The zero-order chi connectivity index (χ0) is 11.3. The Balaban J connectivity index is 4.13. The van der Waals surface area contributed by atoms with Gasteiger partial charge in [0.15, 0.2) is 6.54 Å². The summed E-state index contributed by atoms with van der Waals surface area (Å²) in [6.45, 7) is -0.261. The van der Waals surface area contributed by atoms with Crippen molar-refractivity contribution in [2.75, 3.05) is 13.6 Å². The molecule has 0 bridgehead atoms. The van der Waals surface area contributed by atoms with Crippen molar-refractivity contribution < 1.29 is 24.0 Å². The molecule has 0 radical (unpaired) electrons. The smallest absolute Gasteiger partial charge is 0.360 e. The van der Waals surface area contributed by atoms with E-state index in [2.05, 4.69) is 4.74 Å². The number of carboxylic acids is 1. The maximum atomic E-state index is 10.9. The molecule has 0 heterocycles. The molecule has 0 spiro atoms. The van der Waals surface area contributed by atoms with E-state index >= 15 is 0 Å². The predicted octanol–water partition coefficient (Wildman–Crippen LogP) is -3.19. The zero-order valence-corrected chi connectivity index (χ0v) is 7.64. The van der Waals surface area contributed by atoms with Crippen molar-refractivity contribution in [3.8, 4) is 0 Å². The van der Waals surface area contributed by atoms with Crippen molar-refractivity contribution in [3.63, 3.8) is 0 Å². The Morgan fingerprint density at radius 1 is 1.50 bits per heavy atom. The molecule has 0 aliphatic heterocycles. The van der Waals surface area contributed by atoms with Crippen LogP contribution in [-0.2, 0) is 14.3 Å². The minimum Gasteiger partial charge on any atom is -0.477 e. The highest BCUT2D eigenvalue weighted by molar-refractivity contribution is 5.78. The molecule has 0 aliphatic carbocycles. The first-order chi connectivity index (χ1) is 6.34. The highest BCUT2D eigenvalue weighted by atomic mass is 16.6. The van der Waals surface area contributed by atoms with E-state index < -0.39 is 18.2 Å². The lowest BCUT2D eigenvalue weighted by Crippen LogP contribution is -2.40. The van der Waals surface area contributed by atoms with E-state index in [1.54, 1.807) is 0 Å². The average Bonchev–Trinajstić information content (AvgIpc) is 2.03. The summed E-state index contributed by atoms with van der Waals surface area (Å²) in [5.41, 5.74) is 15.2. The Morgan fingerprint density at radius 2 is 2.00 bits per heavy atom. The molecule has 1 atom stereocenters. The number of carboxylic acid groups (broad SMARTS) is 1. The second kappa shape index (κ2) is 5.02. The molecule has 14 heavy (non-hydrogen) atoms. The van der Waals surface area contributed by atoms with E-state index in [1.807, 2.05) is 0 Å². The number of hydrogen-bond acceptors (Lipinski definition) is 4. The number of nitrogens with zero attached hydrogens (tertiary/aromatic N) is 1. The number of esters is 1. The van der Waals surface area contributed by atoms with Gasteiger partial charge in [-0.25, -0.2) is 9.59 Å². The van der Waals surface area contributed by atoms with Crippen LogP contribution in [0.3, 0.4) is 0 Å². The van der Waals surface area contributed by atoms with Gasteiger partial charge in [-0.15, -0.1) is 0 Å². The first-order valence-corrected chi connectivity index (χ1v) is 3.61. The Morgan fingerprint density at radius 3 is 2.36 bits per heavy atom. The monoisotopic (exact) mass is 205 g/mol. The molecule has 1 unspecified atom stereocenters. The summed E-state index contributed by atoms with van der Waals surface area (Å²) >= 11 is 0. The van der Waals surface area contributed by atoms with E-state index in [1.165, 1.54) is 11.6 Å². The minimum atomic E-state index is -1.67. The van der Waals surface area contributed by atoms with Crippen LogP contribution in [0.5, 0.6) is 0 Å². The molecule has 0 aromatic heterocycles. The second-order valence-electron chi connectivity index (χ2n) is 2.53. The number of guanidine groups is 1. The molecule has 8 heteroatoms. The van der Waals surface area contributed by atoms with Crippen molar-refractivity contribution in [3.05, 3.63) is 0 Å². The van der Waals surface area contributed by atoms with Crippen LogP contribution < -0.4 is 17.2 Å². The number of nitrogens with two attached hydrogens (primary N) is 3. The third-order valence-corrected chi connectivity index (χ3v) is 1.31. The molecule has 80 valence electrons. The largest absolute Gasteiger partial charge is 0.477 e. The molecule has 0 rings (SSSR count). The fourth-order valence-corrected chi connectivity index (χ4v) is 0.514. The van der Waals surface area contributed by atoms with Crippen LogP contribution >= 0.6 is 0 Å². The number of likely N-dealkylation sites (N-methyl/N-ethyl adjacent to an activating group) is 1. The van der Waals surface area contributed by atoms with Crippen molar-refractivity contribution >= 4 is 17.9 Å². The molecule has 0 saturated heterocycles.